The molecule has 1 aromatic carbocycles. The van der Waals surface area contributed by atoms with Gasteiger partial charge in [0.25, 0.3) is 5.91 Å². The highest BCUT2D eigenvalue weighted by atomic mass is 32.1. The van der Waals surface area contributed by atoms with Gasteiger partial charge >= 0.3 is 0 Å². The molecule has 0 radical (unpaired) electrons. The first-order valence-electron chi connectivity index (χ1n) is 7.81. The quantitative estimate of drug-likeness (QED) is 0.675. The Kier molecular flexibility index (Phi) is 5.57. The number of hydrogen-bond donors (Lipinski definition) is 2. The molecule has 2 aromatic heterocycles. The number of aryl methyl sites for hydroxylation is 1. The molecule has 0 saturated heterocycles. The smallest absolute Gasteiger partial charge is 0.269 e. The van der Waals surface area contributed by atoms with Crippen LogP contribution in [-0.4, -0.2) is 16.8 Å². The highest BCUT2D eigenvalue weighted by Crippen LogP contribution is 2.25. The van der Waals surface area contributed by atoms with Gasteiger partial charge < -0.3 is 0 Å². The standard InChI is InChI=1S/C18H17N3O2S2/c1-2-12-3-5-13(6-4-12)17(23)21-20-16(22)9-15-11-25-18(19-15)14-7-8-24-10-14/h3-8,10-11H,2,9H2,1H3,(H,20,22)(H,21,23). The summed E-state index contributed by atoms with van der Waals surface area (Å²) in [5, 5.41) is 6.76. The number of nitrogens with zero attached hydrogens (tertiary/aromatic N) is 1. The van der Waals surface area contributed by atoms with E-state index in [4.69, 9.17) is 0 Å². The topological polar surface area (TPSA) is 71.1 Å². The molecule has 0 saturated carbocycles. The largest absolute Gasteiger partial charge is 0.273 e. The minimum absolute atomic E-state index is 0.121. The van der Waals surface area contributed by atoms with Crippen molar-refractivity contribution in [2.24, 2.45) is 0 Å². The molecule has 128 valence electrons. The number of carbonyl (C=O) groups is 2. The van der Waals surface area contributed by atoms with Crippen LogP contribution in [0.25, 0.3) is 10.6 Å². The lowest BCUT2D eigenvalue weighted by Gasteiger charge is -2.07. The molecule has 0 aliphatic rings. The summed E-state index contributed by atoms with van der Waals surface area (Å²) in [5.41, 5.74) is 8.27. The third-order valence-corrected chi connectivity index (χ3v) is 5.22. The predicted molar refractivity (Wildman–Crippen MR) is 101 cm³/mol. The second-order valence-corrected chi connectivity index (χ2v) is 7.02. The van der Waals surface area contributed by atoms with Crippen LogP contribution in [0.5, 0.6) is 0 Å². The Morgan fingerprint density at radius 3 is 2.56 bits per heavy atom. The summed E-state index contributed by atoms with van der Waals surface area (Å²) in [6, 6.07) is 9.29. The first kappa shape index (κ1) is 17.3. The van der Waals surface area contributed by atoms with Crippen LogP contribution in [0, 0.1) is 0 Å². The number of thiazole rings is 1. The van der Waals surface area contributed by atoms with Gasteiger partial charge in [0.1, 0.15) is 5.01 Å². The zero-order valence-electron chi connectivity index (χ0n) is 13.6. The number of rotatable bonds is 5. The van der Waals surface area contributed by atoms with Crippen molar-refractivity contribution >= 4 is 34.5 Å². The van der Waals surface area contributed by atoms with Crippen molar-refractivity contribution in [3.63, 3.8) is 0 Å². The first-order chi connectivity index (χ1) is 12.2. The predicted octanol–water partition coefficient (Wildman–Crippen LogP) is 3.44. The lowest BCUT2D eigenvalue weighted by atomic mass is 10.1. The van der Waals surface area contributed by atoms with E-state index in [-0.39, 0.29) is 18.2 Å². The zero-order chi connectivity index (χ0) is 17.6. The van der Waals surface area contributed by atoms with E-state index in [1.54, 1.807) is 23.5 Å². The molecule has 0 bridgehead atoms. The van der Waals surface area contributed by atoms with Gasteiger partial charge in [-0.15, -0.1) is 11.3 Å². The van der Waals surface area contributed by atoms with Gasteiger partial charge in [-0.05, 0) is 35.6 Å². The molecular formula is C18H17N3O2S2. The number of benzene rings is 1. The van der Waals surface area contributed by atoms with Gasteiger partial charge in [0.2, 0.25) is 5.91 Å². The summed E-state index contributed by atoms with van der Waals surface area (Å²) in [6.07, 6.45) is 1.04. The number of hydrazine groups is 1. The van der Waals surface area contributed by atoms with Crippen LogP contribution in [0.15, 0.2) is 46.5 Å². The maximum Gasteiger partial charge on any atom is 0.269 e. The van der Waals surface area contributed by atoms with E-state index in [0.717, 1.165) is 22.6 Å². The molecule has 7 heteroatoms. The van der Waals surface area contributed by atoms with E-state index in [1.807, 2.05) is 34.3 Å². The average Bonchev–Trinajstić information content (AvgIpc) is 3.31. The molecule has 2 amide bonds. The summed E-state index contributed by atoms with van der Waals surface area (Å²) < 4.78 is 0. The summed E-state index contributed by atoms with van der Waals surface area (Å²) in [4.78, 5) is 28.5. The van der Waals surface area contributed by atoms with Crippen LogP contribution in [0.4, 0.5) is 0 Å². The maximum absolute atomic E-state index is 12.0. The van der Waals surface area contributed by atoms with Gasteiger partial charge in [-0.1, -0.05) is 19.1 Å². The van der Waals surface area contributed by atoms with Crippen molar-refractivity contribution in [3.05, 3.63) is 63.3 Å². The Morgan fingerprint density at radius 1 is 1.08 bits per heavy atom. The highest BCUT2D eigenvalue weighted by Gasteiger charge is 2.11. The third kappa shape index (κ3) is 4.52. The van der Waals surface area contributed by atoms with Gasteiger partial charge in [0, 0.05) is 21.9 Å². The number of nitrogens with one attached hydrogen (secondary N) is 2. The van der Waals surface area contributed by atoms with Crippen LogP contribution < -0.4 is 10.9 Å². The molecule has 3 rings (SSSR count). The normalized spacial score (nSPS) is 10.4. The fourth-order valence-corrected chi connectivity index (χ4v) is 3.74. The van der Waals surface area contributed by atoms with Crippen LogP contribution in [0.2, 0.25) is 0 Å². The highest BCUT2D eigenvalue weighted by molar-refractivity contribution is 7.14. The monoisotopic (exact) mass is 371 g/mol. The van der Waals surface area contributed by atoms with Gasteiger partial charge in [0.15, 0.2) is 0 Å². The Balaban J connectivity index is 1.51. The minimum atomic E-state index is -0.340. The number of hydrogen-bond acceptors (Lipinski definition) is 5. The van der Waals surface area contributed by atoms with Gasteiger partial charge in [-0.25, -0.2) is 4.98 Å². The molecule has 0 aliphatic carbocycles. The number of carbonyl (C=O) groups excluding carboxylic acids is 2. The van der Waals surface area contributed by atoms with Crippen molar-refractivity contribution < 1.29 is 9.59 Å². The lowest BCUT2D eigenvalue weighted by molar-refractivity contribution is -0.121. The van der Waals surface area contributed by atoms with Crippen molar-refractivity contribution in [1.82, 2.24) is 15.8 Å². The SMILES string of the molecule is CCc1ccc(C(=O)NNC(=O)Cc2csc(-c3ccsc3)n2)cc1. The maximum atomic E-state index is 12.0. The van der Waals surface area contributed by atoms with Crippen molar-refractivity contribution in [2.75, 3.05) is 0 Å². The summed E-state index contributed by atoms with van der Waals surface area (Å²) in [7, 11) is 0. The Hall–Kier alpha value is -2.51. The van der Waals surface area contributed by atoms with E-state index in [9.17, 15) is 9.59 Å². The van der Waals surface area contributed by atoms with Crippen molar-refractivity contribution in [3.8, 4) is 10.6 Å². The van der Waals surface area contributed by atoms with E-state index in [1.165, 1.54) is 11.3 Å². The number of thiophene rings is 1. The fourth-order valence-electron chi connectivity index (χ4n) is 2.21. The molecular weight excluding hydrogens is 354 g/mol. The molecule has 0 spiro atoms. The molecule has 25 heavy (non-hydrogen) atoms. The average molecular weight is 371 g/mol. The van der Waals surface area contributed by atoms with E-state index >= 15 is 0 Å². The Labute approximate surface area is 153 Å². The molecule has 0 fully saturated rings. The molecule has 5 nitrogen and oxygen atoms in total. The summed E-state index contributed by atoms with van der Waals surface area (Å²) >= 11 is 3.11. The molecule has 0 atom stereocenters. The second kappa shape index (κ2) is 8.04. The minimum Gasteiger partial charge on any atom is -0.273 e. The lowest BCUT2D eigenvalue weighted by Crippen LogP contribution is -2.42. The van der Waals surface area contributed by atoms with E-state index in [0.29, 0.717) is 11.3 Å². The molecule has 3 aromatic rings. The van der Waals surface area contributed by atoms with Crippen molar-refractivity contribution in [2.45, 2.75) is 19.8 Å². The van der Waals surface area contributed by atoms with Crippen LogP contribution in [0.3, 0.4) is 0 Å². The van der Waals surface area contributed by atoms with Gasteiger partial charge in [0.05, 0.1) is 12.1 Å². The summed E-state index contributed by atoms with van der Waals surface area (Å²) in [5.74, 6) is -0.644. The molecule has 2 heterocycles. The van der Waals surface area contributed by atoms with Crippen molar-refractivity contribution in [1.29, 1.82) is 0 Å². The summed E-state index contributed by atoms with van der Waals surface area (Å²) in [6.45, 7) is 2.05. The van der Waals surface area contributed by atoms with Gasteiger partial charge in [-0.2, -0.15) is 11.3 Å². The van der Waals surface area contributed by atoms with E-state index in [2.05, 4.69) is 22.8 Å². The molecule has 0 unspecified atom stereocenters. The first-order valence-corrected chi connectivity index (χ1v) is 9.63. The van der Waals surface area contributed by atoms with Crippen LogP contribution in [-0.2, 0) is 17.6 Å². The second-order valence-electron chi connectivity index (χ2n) is 5.39. The number of aromatic nitrogens is 1. The Morgan fingerprint density at radius 2 is 1.88 bits per heavy atom. The van der Waals surface area contributed by atoms with Gasteiger partial charge in [-0.3, -0.25) is 20.4 Å². The number of amides is 2. The van der Waals surface area contributed by atoms with Crippen LogP contribution >= 0.6 is 22.7 Å². The fraction of sp³-hybridized carbons (Fsp3) is 0.167. The molecule has 2 N–H and O–H groups in total. The third-order valence-electron chi connectivity index (χ3n) is 3.60. The Bertz CT molecular complexity index is 855. The molecule has 0 aliphatic heterocycles. The zero-order valence-corrected chi connectivity index (χ0v) is 15.2. The van der Waals surface area contributed by atoms with E-state index < -0.39 is 0 Å². The van der Waals surface area contributed by atoms with Crippen LogP contribution in [0.1, 0.15) is 28.5 Å².